The van der Waals surface area contributed by atoms with Crippen LogP contribution in [0, 0.1) is 0 Å². The summed E-state index contributed by atoms with van der Waals surface area (Å²) >= 11 is 0. The summed E-state index contributed by atoms with van der Waals surface area (Å²) in [5.74, 6) is 0. The second-order valence-electron chi connectivity index (χ2n) is 2.90. The third kappa shape index (κ3) is 1.83. The molecule has 0 spiro atoms. The third-order valence-corrected chi connectivity index (χ3v) is 1.97. The van der Waals surface area contributed by atoms with Crippen molar-refractivity contribution in [1.29, 1.82) is 0 Å². The maximum atomic E-state index is 2.31. The molecule has 1 rings (SSSR count). The molecule has 0 N–H and O–H groups in total. The molecule has 1 heteroatoms. The first kappa shape index (κ1) is 6.81. The van der Waals surface area contributed by atoms with Crippen molar-refractivity contribution < 1.29 is 0 Å². The Bertz CT molecular complexity index is 105. The zero-order chi connectivity index (χ0) is 6.69. The minimum atomic E-state index is 0.801. The number of nitrogens with zero attached hydrogens (tertiary/aromatic N) is 1. The van der Waals surface area contributed by atoms with Crippen molar-refractivity contribution in [2.24, 2.45) is 0 Å². The quantitative estimate of drug-likeness (QED) is 0.482. The number of hydrogen-bond acceptors (Lipinski definition) is 1. The first-order chi connectivity index (χ1) is 4.30. The fraction of sp³-hybridized carbons (Fsp3) is 0.750. The van der Waals surface area contributed by atoms with Crippen LogP contribution in [-0.4, -0.2) is 25.0 Å². The van der Waals surface area contributed by atoms with Gasteiger partial charge >= 0.3 is 0 Å². The molecular formula is C8H15N. The largest absolute Gasteiger partial charge is 0.306 e. The third-order valence-electron chi connectivity index (χ3n) is 1.97. The Hall–Kier alpha value is -0.300. The minimum Gasteiger partial charge on any atom is -0.306 e. The topological polar surface area (TPSA) is 3.24 Å². The second-order valence-corrected chi connectivity index (χ2v) is 2.90. The maximum absolute atomic E-state index is 2.31. The van der Waals surface area contributed by atoms with Gasteiger partial charge in [-0.2, -0.15) is 0 Å². The molecule has 0 aromatic heterocycles. The highest BCUT2D eigenvalue weighted by atomic mass is 15.1. The van der Waals surface area contributed by atoms with Crippen molar-refractivity contribution in [3.05, 3.63) is 12.2 Å². The van der Waals surface area contributed by atoms with Gasteiger partial charge < -0.3 is 4.90 Å². The second kappa shape index (κ2) is 3.02. The van der Waals surface area contributed by atoms with E-state index >= 15 is 0 Å². The molecule has 0 aromatic carbocycles. The molecule has 1 atom stereocenters. The summed E-state index contributed by atoms with van der Waals surface area (Å²) in [4.78, 5) is 2.31. The molecule has 52 valence electrons. The van der Waals surface area contributed by atoms with Gasteiger partial charge in [-0.15, -0.1) is 0 Å². The fourth-order valence-corrected chi connectivity index (χ4v) is 1.25. The summed E-state index contributed by atoms with van der Waals surface area (Å²) in [5, 5.41) is 0. The Morgan fingerprint density at radius 3 is 2.44 bits per heavy atom. The Morgan fingerprint density at radius 2 is 2.11 bits per heavy atom. The first-order valence-electron chi connectivity index (χ1n) is 3.62. The lowest BCUT2D eigenvalue weighted by molar-refractivity contribution is 0.276. The van der Waals surface area contributed by atoms with E-state index in [4.69, 9.17) is 0 Å². The average Bonchev–Trinajstić information content (AvgIpc) is 1.90. The van der Waals surface area contributed by atoms with Crippen LogP contribution < -0.4 is 0 Å². The highest BCUT2D eigenvalue weighted by molar-refractivity contribution is 4.92. The van der Waals surface area contributed by atoms with Gasteiger partial charge in [0.15, 0.2) is 0 Å². The molecule has 1 nitrogen and oxygen atoms in total. The van der Waals surface area contributed by atoms with Crippen molar-refractivity contribution in [2.75, 3.05) is 14.1 Å². The van der Waals surface area contributed by atoms with E-state index < -0.39 is 0 Å². The molecule has 0 aliphatic heterocycles. The summed E-state index contributed by atoms with van der Waals surface area (Å²) in [6, 6.07) is 0.801. The molecule has 0 radical (unpaired) electrons. The molecule has 0 saturated heterocycles. The van der Waals surface area contributed by atoms with Crippen LogP contribution in [0.2, 0.25) is 0 Å². The lowest BCUT2D eigenvalue weighted by atomic mass is 10.0. The Labute approximate surface area is 57.4 Å². The van der Waals surface area contributed by atoms with Crippen LogP contribution in [0.5, 0.6) is 0 Å². The fourth-order valence-electron chi connectivity index (χ4n) is 1.25. The molecule has 9 heavy (non-hydrogen) atoms. The highest BCUT2D eigenvalue weighted by Gasteiger charge is 2.10. The molecule has 0 amide bonds. The van der Waals surface area contributed by atoms with Crippen LogP contribution in [0.4, 0.5) is 0 Å². The number of rotatable bonds is 1. The number of hydrogen-bond donors (Lipinski definition) is 0. The van der Waals surface area contributed by atoms with E-state index in [2.05, 4.69) is 31.1 Å². The van der Waals surface area contributed by atoms with Gasteiger partial charge in [-0.1, -0.05) is 12.2 Å². The van der Waals surface area contributed by atoms with Crippen molar-refractivity contribution >= 4 is 0 Å². The number of allylic oxidation sites excluding steroid dienone is 1. The van der Waals surface area contributed by atoms with Gasteiger partial charge in [0, 0.05) is 6.04 Å². The Balaban J connectivity index is 2.35. The van der Waals surface area contributed by atoms with E-state index in [1.54, 1.807) is 0 Å². The zero-order valence-corrected chi connectivity index (χ0v) is 6.30. The van der Waals surface area contributed by atoms with E-state index in [9.17, 15) is 0 Å². The molecule has 1 aliphatic carbocycles. The molecular weight excluding hydrogens is 110 g/mol. The van der Waals surface area contributed by atoms with Gasteiger partial charge in [0.2, 0.25) is 0 Å². The van der Waals surface area contributed by atoms with Crippen LogP contribution in [-0.2, 0) is 0 Å². The summed E-state index contributed by atoms with van der Waals surface area (Å²) in [7, 11) is 4.31. The normalized spacial score (nSPS) is 27.2. The Kier molecular flexibility index (Phi) is 2.29. The summed E-state index contributed by atoms with van der Waals surface area (Å²) in [6.07, 6.45) is 8.41. The van der Waals surface area contributed by atoms with Crippen LogP contribution in [0.3, 0.4) is 0 Å². The monoisotopic (exact) mass is 125 g/mol. The highest BCUT2D eigenvalue weighted by Crippen LogP contribution is 2.13. The first-order valence-corrected chi connectivity index (χ1v) is 3.62. The summed E-state index contributed by atoms with van der Waals surface area (Å²) in [6.45, 7) is 0. The van der Waals surface area contributed by atoms with Crippen LogP contribution >= 0.6 is 0 Å². The standard InChI is InChI=1S/C8H15N/c1-9(2)8-6-4-3-5-7-8/h3-4,8H,5-7H2,1-2H3/t8-/m0/s1. The predicted octanol–water partition coefficient (Wildman–Crippen LogP) is 1.66. The van der Waals surface area contributed by atoms with Gasteiger partial charge in [0.05, 0.1) is 0 Å². The molecule has 1 aliphatic rings. The van der Waals surface area contributed by atoms with Gasteiger partial charge in [0.25, 0.3) is 0 Å². The van der Waals surface area contributed by atoms with E-state index in [1.807, 2.05) is 0 Å². The maximum Gasteiger partial charge on any atom is 0.0127 e. The van der Waals surface area contributed by atoms with Gasteiger partial charge in [-0.05, 0) is 33.4 Å². The molecule has 0 fully saturated rings. The molecule has 0 saturated carbocycles. The average molecular weight is 125 g/mol. The van der Waals surface area contributed by atoms with Gasteiger partial charge in [0.1, 0.15) is 0 Å². The van der Waals surface area contributed by atoms with Gasteiger partial charge in [-0.3, -0.25) is 0 Å². The summed E-state index contributed by atoms with van der Waals surface area (Å²) < 4.78 is 0. The molecule has 0 aromatic rings. The zero-order valence-electron chi connectivity index (χ0n) is 6.30. The minimum absolute atomic E-state index is 0.801. The SMILES string of the molecule is CN(C)[C@H]1CC=CCC1. The van der Waals surface area contributed by atoms with Gasteiger partial charge in [-0.25, -0.2) is 0 Å². The van der Waals surface area contributed by atoms with Crippen molar-refractivity contribution in [2.45, 2.75) is 25.3 Å². The molecule has 0 unspecified atom stereocenters. The van der Waals surface area contributed by atoms with Crippen molar-refractivity contribution in [3.8, 4) is 0 Å². The van der Waals surface area contributed by atoms with E-state index in [1.165, 1.54) is 19.3 Å². The van der Waals surface area contributed by atoms with Crippen molar-refractivity contribution in [3.63, 3.8) is 0 Å². The predicted molar refractivity (Wildman–Crippen MR) is 40.5 cm³/mol. The smallest absolute Gasteiger partial charge is 0.0127 e. The van der Waals surface area contributed by atoms with Crippen molar-refractivity contribution in [1.82, 2.24) is 4.90 Å². The molecule has 0 bridgehead atoms. The van der Waals surface area contributed by atoms with Crippen LogP contribution in [0.15, 0.2) is 12.2 Å². The Morgan fingerprint density at radius 1 is 1.33 bits per heavy atom. The van der Waals surface area contributed by atoms with E-state index in [0.29, 0.717) is 0 Å². The van der Waals surface area contributed by atoms with Crippen LogP contribution in [0.25, 0.3) is 0 Å². The van der Waals surface area contributed by atoms with E-state index in [-0.39, 0.29) is 0 Å². The summed E-state index contributed by atoms with van der Waals surface area (Å²) in [5.41, 5.74) is 0. The lowest BCUT2D eigenvalue weighted by Gasteiger charge is -2.24. The molecule has 0 heterocycles. The van der Waals surface area contributed by atoms with Crippen LogP contribution in [0.1, 0.15) is 19.3 Å². The van der Waals surface area contributed by atoms with E-state index in [0.717, 1.165) is 6.04 Å². The lowest BCUT2D eigenvalue weighted by Crippen LogP contribution is -2.28.